The maximum absolute atomic E-state index is 13.0. The predicted molar refractivity (Wildman–Crippen MR) is 104 cm³/mol. The average molecular weight is 413 g/mol. The van der Waals surface area contributed by atoms with Crippen molar-refractivity contribution in [3.63, 3.8) is 0 Å². The van der Waals surface area contributed by atoms with Crippen LogP contribution in [0.5, 0.6) is 11.5 Å². The van der Waals surface area contributed by atoms with Gasteiger partial charge in [0, 0.05) is 37.8 Å². The number of rotatable bonds is 6. The normalized spacial score (nSPS) is 29.1. The van der Waals surface area contributed by atoms with E-state index in [2.05, 4.69) is 20.5 Å². The zero-order valence-corrected chi connectivity index (χ0v) is 17.0. The first-order valence-electron chi connectivity index (χ1n) is 9.66. The van der Waals surface area contributed by atoms with Gasteiger partial charge in [-0.25, -0.2) is 13.1 Å². The van der Waals surface area contributed by atoms with Gasteiger partial charge in [-0.15, -0.1) is 0 Å². The van der Waals surface area contributed by atoms with Crippen LogP contribution < -0.4 is 25.0 Å². The van der Waals surface area contributed by atoms with Crippen molar-refractivity contribution < 1.29 is 22.6 Å². The Bertz CT molecular complexity index is 789. The number of hydrogen-bond donors (Lipinski definition) is 3. The first-order valence-corrected chi connectivity index (χ1v) is 11.2. The summed E-state index contributed by atoms with van der Waals surface area (Å²) in [5, 5.41) is -0.533. The van der Waals surface area contributed by atoms with Crippen molar-refractivity contribution in [3.05, 3.63) is 23.8 Å². The fourth-order valence-corrected chi connectivity index (χ4v) is 5.95. The molecule has 3 aliphatic rings. The number of benzene rings is 1. The quantitative estimate of drug-likeness (QED) is 0.599. The molecular weight excluding hydrogens is 384 g/mol. The molecule has 3 heterocycles. The lowest BCUT2D eigenvalue weighted by Gasteiger charge is -2.35. The molecule has 3 unspecified atom stereocenters. The zero-order valence-electron chi connectivity index (χ0n) is 16.2. The number of morpholine rings is 1. The molecule has 1 aromatic carbocycles. The lowest BCUT2D eigenvalue weighted by molar-refractivity contribution is 0.0171. The van der Waals surface area contributed by atoms with Gasteiger partial charge in [-0.3, -0.25) is 15.8 Å². The Labute approximate surface area is 165 Å². The SMILES string of the molecule is CC1NNC(C)C1S(=O)(=O)NCC(c1ccc2c(c1)OCO2)N1CCOCC1. The summed E-state index contributed by atoms with van der Waals surface area (Å²) in [6.45, 7) is 7.02. The van der Waals surface area contributed by atoms with Crippen LogP contribution >= 0.6 is 0 Å². The van der Waals surface area contributed by atoms with E-state index in [1.807, 2.05) is 32.0 Å². The van der Waals surface area contributed by atoms with E-state index in [-0.39, 0.29) is 31.5 Å². The van der Waals surface area contributed by atoms with Crippen molar-refractivity contribution in [1.29, 1.82) is 0 Å². The van der Waals surface area contributed by atoms with E-state index in [9.17, 15) is 8.42 Å². The van der Waals surface area contributed by atoms with E-state index in [4.69, 9.17) is 14.2 Å². The monoisotopic (exact) mass is 412 g/mol. The highest BCUT2D eigenvalue weighted by atomic mass is 32.2. The number of hydrazine groups is 1. The van der Waals surface area contributed by atoms with E-state index in [1.54, 1.807) is 0 Å². The highest BCUT2D eigenvalue weighted by molar-refractivity contribution is 7.90. The molecule has 28 heavy (non-hydrogen) atoms. The summed E-state index contributed by atoms with van der Waals surface area (Å²) >= 11 is 0. The molecule has 156 valence electrons. The second kappa shape index (κ2) is 8.13. The summed E-state index contributed by atoms with van der Waals surface area (Å²) in [7, 11) is -3.50. The van der Waals surface area contributed by atoms with Crippen molar-refractivity contribution in [2.24, 2.45) is 0 Å². The molecule has 10 heteroatoms. The standard InChI is InChI=1S/C18H28N4O5S/c1-12-18(13(2)21-20-12)28(23,24)19-10-15(22-5-7-25-8-6-22)14-3-4-16-17(9-14)27-11-26-16/h3-4,9,12-13,15,18-21H,5-8,10-11H2,1-2H3. The van der Waals surface area contributed by atoms with Crippen LogP contribution in [0.15, 0.2) is 18.2 Å². The Morgan fingerprint density at radius 1 is 1.14 bits per heavy atom. The van der Waals surface area contributed by atoms with Crippen molar-refractivity contribution in [2.75, 3.05) is 39.6 Å². The van der Waals surface area contributed by atoms with Crippen LogP contribution in [-0.2, 0) is 14.8 Å². The molecule has 9 nitrogen and oxygen atoms in total. The molecule has 2 fully saturated rings. The number of ether oxygens (including phenoxy) is 3. The number of hydrogen-bond acceptors (Lipinski definition) is 8. The molecule has 3 aliphatic heterocycles. The molecule has 0 bridgehead atoms. The van der Waals surface area contributed by atoms with Crippen molar-refractivity contribution in [2.45, 2.75) is 37.2 Å². The third-order valence-electron chi connectivity index (χ3n) is 5.63. The second-order valence-corrected chi connectivity index (χ2v) is 9.42. The lowest BCUT2D eigenvalue weighted by Crippen LogP contribution is -2.48. The Morgan fingerprint density at radius 3 is 2.54 bits per heavy atom. The third kappa shape index (κ3) is 3.98. The average Bonchev–Trinajstić information content (AvgIpc) is 3.28. The van der Waals surface area contributed by atoms with E-state index in [1.165, 1.54) is 0 Å². The van der Waals surface area contributed by atoms with Gasteiger partial charge < -0.3 is 14.2 Å². The molecular formula is C18H28N4O5S. The smallest absolute Gasteiger partial charge is 0.231 e. The van der Waals surface area contributed by atoms with Crippen molar-refractivity contribution >= 4 is 10.0 Å². The minimum atomic E-state index is -3.50. The summed E-state index contributed by atoms with van der Waals surface area (Å²) in [4.78, 5) is 2.25. The minimum absolute atomic E-state index is 0.110. The van der Waals surface area contributed by atoms with Crippen LogP contribution in [0.1, 0.15) is 25.5 Å². The van der Waals surface area contributed by atoms with Crippen LogP contribution in [0.3, 0.4) is 0 Å². The van der Waals surface area contributed by atoms with Gasteiger partial charge in [0.05, 0.1) is 13.2 Å². The molecule has 0 aromatic heterocycles. The summed E-state index contributed by atoms with van der Waals surface area (Å²) < 4.78 is 45.2. The van der Waals surface area contributed by atoms with Crippen LogP contribution in [0, 0.1) is 0 Å². The molecule has 4 rings (SSSR count). The van der Waals surface area contributed by atoms with E-state index in [0.29, 0.717) is 19.0 Å². The second-order valence-electron chi connectivity index (χ2n) is 7.50. The van der Waals surface area contributed by atoms with E-state index >= 15 is 0 Å². The first kappa shape index (κ1) is 19.9. The maximum Gasteiger partial charge on any atom is 0.231 e. The van der Waals surface area contributed by atoms with Gasteiger partial charge in [0.1, 0.15) is 5.25 Å². The molecule has 0 saturated carbocycles. The van der Waals surface area contributed by atoms with Gasteiger partial charge in [-0.1, -0.05) is 6.07 Å². The molecule has 0 radical (unpaired) electrons. The third-order valence-corrected chi connectivity index (χ3v) is 7.73. The number of fused-ring (bicyclic) bond motifs is 1. The van der Waals surface area contributed by atoms with Gasteiger partial charge in [0.2, 0.25) is 16.8 Å². The Kier molecular flexibility index (Phi) is 5.77. The molecule has 0 spiro atoms. The van der Waals surface area contributed by atoms with Gasteiger partial charge in [-0.05, 0) is 31.5 Å². The topological polar surface area (TPSA) is 101 Å². The van der Waals surface area contributed by atoms with E-state index < -0.39 is 15.3 Å². The van der Waals surface area contributed by atoms with Crippen molar-refractivity contribution in [1.82, 2.24) is 20.5 Å². The lowest BCUT2D eigenvalue weighted by atomic mass is 10.0. The van der Waals surface area contributed by atoms with Gasteiger partial charge >= 0.3 is 0 Å². The zero-order chi connectivity index (χ0) is 19.7. The van der Waals surface area contributed by atoms with Gasteiger partial charge in [0.25, 0.3) is 0 Å². The molecule has 3 N–H and O–H groups in total. The fourth-order valence-electron chi connectivity index (χ4n) is 4.16. The van der Waals surface area contributed by atoms with Gasteiger partial charge in [0.15, 0.2) is 11.5 Å². The molecule has 1 aromatic rings. The summed E-state index contributed by atoms with van der Waals surface area (Å²) in [6, 6.07) is 5.36. The molecule has 0 amide bonds. The molecule has 3 atom stereocenters. The predicted octanol–water partition coefficient (Wildman–Crippen LogP) is -0.0386. The Balaban J connectivity index is 1.54. The number of sulfonamides is 1. The van der Waals surface area contributed by atoms with Crippen LogP contribution in [0.4, 0.5) is 0 Å². The fraction of sp³-hybridized carbons (Fsp3) is 0.667. The minimum Gasteiger partial charge on any atom is -0.454 e. The first-order chi connectivity index (χ1) is 13.5. The largest absolute Gasteiger partial charge is 0.454 e. The summed E-state index contributed by atoms with van der Waals surface area (Å²) in [5.74, 6) is 1.42. The Hall–Kier alpha value is -1.43. The summed E-state index contributed by atoms with van der Waals surface area (Å²) in [6.07, 6.45) is 0. The highest BCUT2D eigenvalue weighted by Crippen LogP contribution is 2.35. The van der Waals surface area contributed by atoms with Crippen molar-refractivity contribution in [3.8, 4) is 11.5 Å². The van der Waals surface area contributed by atoms with Crippen LogP contribution in [0.2, 0.25) is 0 Å². The van der Waals surface area contributed by atoms with Gasteiger partial charge in [-0.2, -0.15) is 0 Å². The van der Waals surface area contributed by atoms with E-state index in [0.717, 1.165) is 24.4 Å². The number of nitrogens with zero attached hydrogens (tertiary/aromatic N) is 1. The Morgan fingerprint density at radius 2 is 1.82 bits per heavy atom. The maximum atomic E-state index is 13.0. The van der Waals surface area contributed by atoms with Crippen LogP contribution in [-0.4, -0.2) is 70.3 Å². The number of nitrogens with one attached hydrogen (secondary N) is 3. The molecule has 2 saturated heterocycles. The highest BCUT2D eigenvalue weighted by Gasteiger charge is 2.40. The summed E-state index contributed by atoms with van der Waals surface area (Å²) in [5.41, 5.74) is 7.02. The molecule has 0 aliphatic carbocycles. The van der Waals surface area contributed by atoms with Crippen LogP contribution in [0.25, 0.3) is 0 Å².